The third kappa shape index (κ3) is 7.92. The molecule has 0 heterocycles. The Balaban J connectivity index is 1.62. The monoisotopic (exact) mass is 407 g/mol. The van der Waals surface area contributed by atoms with Gasteiger partial charge >= 0.3 is 6.03 Å². The van der Waals surface area contributed by atoms with Crippen LogP contribution < -0.4 is 15.4 Å². The summed E-state index contributed by atoms with van der Waals surface area (Å²) in [5.74, 6) is 0.552. The highest BCUT2D eigenvalue weighted by Gasteiger charge is 2.10. The van der Waals surface area contributed by atoms with E-state index >= 15 is 0 Å². The minimum absolute atomic E-state index is 0.0400. The van der Waals surface area contributed by atoms with E-state index < -0.39 is 10.0 Å². The Morgan fingerprint density at radius 2 is 1.67 bits per heavy atom. The van der Waals surface area contributed by atoms with Gasteiger partial charge in [-0.1, -0.05) is 24.3 Å². The van der Waals surface area contributed by atoms with E-state index in [9.17, 15) is 13.2 Å². The number of hydrogen-bond donors (Lipinski definition) is 3. The highest BCUT2D eigenvalue weighted by atomic mass is 32.2. The van der Waals surface area contributed by atoms with Crippen LogP contribution in [0.3, 0.4) is 0 Å². The van der Waals surface area contributed by atoms with Crippen LogP contribution in [0.4, 0.5) is 10.5 Å². The first kappa shape index (κ1) is 21.1. The number of para-hydroxylation sites is 1. The number of hydrogen-bond acceptors (Lipinski definition) is 4. The molecule has 0 saturated carbocycles. The number of anilines is 1. The van der Waals surface area contributed by atoms with Crippen LogP contribution in [0.5, 0.6) is 0 Å². The average molecular weight is 408 g/mol. The summed E-state index contributed by atoms with van der Waals surface area (Å²) in [7, 11) is -3.50. The van der Waals surface area contributed by atoms with E-state index in [-0.39, 0.29) is 18.3 Å². The summed E-state index contributed by atoms with van der Waals surface area (Å²) in [4.78, 5) is 12.9. The molecule has 2 aromatic carbocycles. The molecule has 0 aliphatic heterocycles. The fourth-order valence-corrected chi connectivity index (χ4v) is 4.07. The number of aryl methyl sites for hydroxylation is 2. The van der Waals surface area contributed by atoms with Crippen molar-refractivity contribution in [3.8, 4) is 0 Å². The largest absolute Gasteiger partial charge is 0.337 e. The minimum Gasteiger partial charge on any atom is -0.337 e. The van der Waals surface area contributed by atoms with Gasteiger partial charge in [-0.15, -0.1) is 11.8 Å². The summed E-state index contributed by atoms with van der Waals surface area (Å²) in [5, 5.41) is 5.29. The molecule has 0 fully saturated rings. The van der Waals surface area contributed by atoms with Gasteiger partial charge in [-0.25, -0.2) is 13.2 Å². The number of carbonyl (C=O) groups excluding carboxylic acids is 1. The Morgan fingerprint density at radius 3 is 2.37 bits per heavy atom. The van der Waals surface area contributed by atoms with Crippen LogP contribution in [0.1, 0.15) is 11.1 Å². The second kappa shape index (κ2) is 10.2. The van der Waals surface area contributed by atoms with Crippen LogP contribution in [-0.4, -0.2) is 39.0 Å². The Kier molecular flexibility index (Phi) is 7.99. The maximum atomic E-state index is 12.0. The van der Waals surface area contributed by atoms with Crippen LogP contribution in [0.25, 0.3) is 0 Å². The van der Waals surface area contributed by atoms with Crippen molar-refractivity contribution in [3.05, 3.63) is 59.7 Å². The number of sulfonamides is 1. The molecule has 0 spiro atoms. The molecule has 0 atom stereocenters. The summed E-state index contributed by atoms with van der Waals surface area (Å²) in [5.41, 5.74) is 3.01. The van der Waals surface area contributed by atoms with E-state index in [1.807, 2.05) is 6.07 Å². The lowest BCUT2D eigenvalue weighted by Crippen LogP contribution is -2.39. The van der Waals surface area contributed by atoms with Crippen LogP contribution in [-0.2, 0) is 10.0 Å². The van der Waals surface area contributed by atoms with E-state index in [1.165, 1.54) is 16.0 Å². The van der Waals surface area contributed by atoms with Gasteiger partial charge in [-0.2, -0.15) is 0 Å². The van der Waals surface area contributed by atoms with Gasteiger partial charge in [0.05, 0.1) is 5.75 Å². The van der Waals surface area contributed by atoms with Gasteiger partial charge < -0.3 is 10.6 Å². The molecule has 3 N–H and O–H groups in total. The van der Waals surface area contributed by atoms with Crippen LogP contribution in [0.15, 0.2) is 53.4 Å². The van der Waals surface area contributed by atoms with E-state index in [4.69, 9.17) is 0 Å². The third-order valence-corrected chi connectivity index (χ3v) is 6.12. The number of carbonyl (C=O) groups is 1. The zero-order valence-corrected chi connectivity index (χ0v) is 17.1. The standard InChI is InChI=1S/C19H25N3O3S2/c1-15-8-9-18(14-16(15)2)26-12-10-20-19(23)21-11-13-27(24,25)22-17-6-4-3-5-7-17/h3-9,14,22H,10-13H2,1-2H3,(H2,20,21,23). The van der Waals surface area contributed by atoms with E-state index in [0.29, 0.717) is 12.2 Å². The predicted octanol–water partition coefficient (Wildman–Crippen LogP) is 3.14. The molecule has 0 aromatic heterocycles. The Morgan fingerprint density at radius 1 is 0.963 bits per heavy atom. The van der Waals surface area contributed by atoms with Crippen LogP contribution in [0.2, 0.25) is 0 Å². The molecule has 27 heavy (non-hydrogen) atoms. The number of benzene rings is 2. The molecular weight excluding hydrogens is 382 g/mol. The van der Waals surface area contributed by atoms with Gasteiger partial charge in [0.1, 0.15) is 0 Å². The zero-order valence-electron chi connectivity index (χ0n) is 15.5. The molecular formula is C19H25N3O3S2. The number of amides is 2. The van der Waals surface area contributed by atoms with Crippen molar-refractivity contribution in [2.45, 2.75) is 18.7 Å². The van der Waals surface area contributed by atoms with Crippen LogP contribution in [0, 0.1) is 13.8 Å². The van der Waals surface area contributed by atoms with Crippen molar-refractivity contribution in [1.82, 2.24) is 10.6 Å². The predicted molar refractivity (Wildman–Crippen MR) is 112 cm³/mol. The molecule has 2 amide bonds. The quantitative estimate of drug-likeness (QED) is 0.440. The van der Waals surface area contributed by atoms with E-state index in [2.05, 4.69) is 47.4 Å². The second-order valence-corrected chi connectivity index (χ2v) is 9.07. The zero-order chi connectivity index (χ0) is 19.7. The fraction of sp³-hybridized carbons (Fsp3) is 0.316. The molecule has 0 bridgehead atoms. The highest BCUT2D eigenvalue weighted by Crippen LogP contribution is 2.20. The topological polar surface area (TPSA) is 87.3 Å². The van der Waals surface area contributed by atoms with Gasteiger partial charge in [0.25, 0.3) is 0 Å². The fourth-order valence-electron chi connectivity index (χ4n) is 2.24. The van der Waals surface area contributed by atoms with Crippen molar-refractivity contribution in [2.75, 3.05) is 29.3 Å². The van der Waals surface area contributed by atoms with E-state index in [1.54, 1.807) is 36.0 Å². The Bertz CT molecular complexity index is 856. The van der Waals surface area contributed by atoms with Crippen molar-refractivity contribution < 1.29 is 13.2 Å². The number of rotatable bonds is 9. The number of nitrogens with one attached hydrogen (secondary N) is 3. The van der Waals surface area contributed by atoms with Crippen molar-refractivity contribution in [3.63, 3.8) is 0 Å². The van der Waals surface area contributed by atoms with E-state index in [0.717, 1.165) is 5.75 Å². The highest BCUT2D eigenvalue weighted by molar-refractivity contribution is 7.99. The summed E-state index contributed by atoms with van der Waals surface area (Å²) >= 11 is 1.67. The SMILES string of the molecule is Cc1ccc(SCCNC(=O)NCCS(=O)(=O)Nc2ccccc2)cc1C. The molecule has 0 saturated heterocycles. The van der Waals surface area contributed by atoms with Gasteiger partial charge in [-0.3, -0.25) is 4.72 Å². The molecule has 146 valence electrons. The first-order valence-electron chi connectivity index (χ1n) is 8.63. The normalized spacial score (nSPS) is 11.0. The average Bonchev–Trinajstić information content (AvgIpc) is 2.62. The maximum Gasteiger partial charge on any atom is 0.314 e. The van der Waals surface area contributed by atoms with Crippen molar-refractivity contribution in [2.24, 2.45) is 0 Å². The Labute approximate surface area is 165 Å². The molecule has 0 aliphatic carbocycles. The molecule has 8 heteroatoms. The molecule has 2 rings (SSSR count). The third-order valence-electron chi connectivity index (χ3n) is 3.84. The van der Waals surface area contributed by atoms with Gasteiger partial charge in [0.15, 0.2) is 0 Å². The lowest BCUT2D eigenvalue weighted by Gasteiger charge is -2.10. The first-order valence-corrected chi connectivity index (χ1v) is 11.3. The van der Waals surface area contributed by atoms with Gasteiger partial charge in [0.2, 0.25) is 10.0 Å². The molecule has 0 unspecified atom stereocenters. The number of thioether (sulfide) groups is 1. The van der Waals surface area contributed by atoms with Gasteiger partial charge in [-0.05, 0) is 49.2 Å². The molecule has 2 aromatic rings. The van der Waals surface area contributed by atoms with Gasteiger partial charge in [0, 0.05) is 29.4 Å². The lowest BCUT2D eigenvalue weighted by molar-refractivity contribution is 0.242. The number of urea groups is 1. The molecule has 0 aliphatic rings. The summed E-state index contributed by atoms with van der Waals surface area (Å²) < 4.78 is 26.4. The second-order valence-electron chi connectivity index (χ2n) is 6.06. The minimum atomic E-state index is -3.50. The molecule has 0 radical (unpaired) electrons. The smallest absolute Gasteiger partial charge is 0.314 e. The summed E-state index contributed by atoms with van der Waals surface area (Å²) in [6.07, 6.45) is 0. The first-order chi connectivity index (χ1) is 12.9. The summed E-state index contributed by atoms with van der Waals surface area (Å²) in [6.45, 7) is 4.69. The Hall–Kier alpha value is -2.19. The van der Waals surface area contributed by atoms with Crippen molar-refractivity contribution in [1.29, 1.82) is 0 Å². The van der Waals surface area contributed by atoms with Crippen molar-refractivity contribution >= 4 is 33.5 Å². The summed E-state index contributed by atoms with van der Waals surface area (Å²) in [6, 6.07) is 14.6. The maximum absolute atomic E-state index is 12.0. The molecule has 6 nitrogen and oxygen atoms in total. The van der Waals surface area contributed by atoms with Crippen LogP contribution >= 0.6 is 11.8 Å². The lowest BCUT2D eigenvalue weighted by atomic mass is 10.1.